The Kier molecular flexibility index (Phi) is 5.21. The predicted molar refractivity (Wildman–Crippen MR) is 50.0 cm³/mol. The molecule has 1 heterocycles. The summed E-state index contributed by atoms with van der Waals surface area (Å²) in [6, 6.07) is 0. The molecule has 0 saturated heterocycles. The van der Waals surface area contributed by atoms with Crippen LogP contribution in [0, 0.1) is 0 Å². The molecule has 0 spiro atoms. The zero-order valence-corrected chi connectivity index (χ0v) is 8.82. The molecular weight excluding hydrogens is 234 g/mol. The molecule has 0 bridgehead atoms. The Balaban J connectivity index is 2.18. The van der Waals surface area contributed by atoms with Crippen molar-refractivity contribution in [1.29, 1.82) is 0 Å². The Morgan fingerprint density at radius 1 is 1.36 bits per heavy atom. The van der Waals surface area contributed by atoms with E-state index in [0.29, 0.717) is 12.3 Å². The molecule has 0 aliphatic rings. The van der Waals surface area contributed by atoms with E-state index in [-0.39, 0.29) is 6.61 Å². The zero-order valence-electron chi connectivity index (χ0n) is 7.25. The standard InChI is InChI=1S/C7H9ClF2N2OS/c8-3-7-12-11-6(14-7)1-2-13-4-5(9)10/h5H,1-4H2. The summed E-state index contributed by atoms with van der Waals surface area (Å²) >= 11 is 6.89. The van der Waals surface area contributed by atoms with Gasteiger partial charge in [-0.25, -0.2) is 8.78 Å². The van der Waals surface area contributed by atoms with E-state index in [1.54, 1.807) is 0 Å². The second-order valence-electron chi connectivity index (χ2n) is 2.44. The van der Waals surface area contributed by atoms with Crippen LogP contribution in [-0.2, 0) is 17.0 Å². The van der Waals surface area contributed by atoms with Crippen molar-refractivity contribution in [2.45, 2.75) is 18.7 Å². The Hall–Kier alpha value is -0.330. The summed E-state index contributed by atoms with van der Waals surface area (Å²) in [6.07, 6.45) is -1.91. The van der Waals surface area contributed by atoms with Crippen molar-refractivity contribution >= 4 is 22.9 Å². The van der Waals surface area contributed by atoms with Gasteiger partial charge in [0.2, 0.25) is 0 Å². The van der Waals surface area contributed by atoms with E-state index in [1.165, 1.54) is 11.3 Å². The monoisotopic (exact) mass is 242 g/mol. The minimum atomic E-state index is -2.41. The lowest BCUT2D eigenvalue weighted by atomic mass is 10.5. The van der Waals surface area contributed by atoms with E-state index in [0.717, 1.165) is 10.0 Å². The zero-order chi connectivity index (χ0) is 10.4. The smallest absolute Gasteiger partial charge is 0.261 e. The van der Waals surface area contributed by atoms with E-state index in [1.807, 2.05) is 0 Å². The number of hydrogen-bond acceptors (Lipinski definition) is 4. The normalized spacial score (nSPS) is 11.1. The van der Waals surface area contributed by atoms with Crippen molar-refractivity contribution in [3.8, 4) is 0 Å². The predicted octanol–water partition coefficient (Wildman–Crippen LogP) is 2.10. The lowest BCUT2D eigenvalue weighted by molar-refractivity contribution is 0.0186. The molecule has 0 aliphatic carbocycles. The molecule has 0 fully saturated rings. The van der Waals surface area contributed by atoms with E-state index < -0.39 is 13.0 Å². The second-order valence-corrected chi connectivity index (χ2v) is 3.85. The largest absolute Gasteiger partial charge is 0.375 e. The van der Waals surface area contributed by atoms with Crippen molar-refractivity contribution in [1.82, 2.24) is 10.2 Å². The fourth-order valence-electron chi connectivity index (χ4n) is 0.775. The summed E-state index contributed by atoms with van der Waals surface area (Å²) in [5.41, 5.74) is 0. The van der Waals surface area contributed by atoms with Gasteiger partial charge in [-0.3, -0.25) is 0 Å². The average molecular weight is 243 g/mol. The molecule has 0 saturated carbocycles. The SMILES string of the molecule is FC(F)COCCc1nnc(CCl)s1. The number of ether oxygens (including phenoxy) is 1. The summed E-state index contributed by atoms with van der Waals surface area (Å²) in [7, 11) is 0. The molecule has 1 aromatic rings. The maximum Gasteiger partial charge on any atom is 0.261 e. The van der Waals surface area contributed by atoms with Crippen LogP contribution < -0.4 is 0 Å². The number of alkyl halides is 3. The maximum atomic E-state index is 11.7. The van der Waals surface area contributed by atoms with Gasteiger partial charge < -0.3 is 4.74 Å². The molecule has 1 aromatic heterocycles. The van der Waals surface area contributed by atoms with Gasteiger partial charge in [0.05, 0.1) is 12.5 Å². The molecule has 0 unspecified atom stereocenters. The molecule has 3 nitrogen and oxygen atoms in total. The van der Waals surface area contributed by atoms with E-state index in [9.17, 15) is 8.78 Å². The molecule has 1 rings (SSSR count). The number of hydrogen-bond donors (Lipinski definition) is 0. The first-order valence-corrected chi connectivity index (χ1v) is 5.30. The summed E-state index contributed by atoms with van der Waals surface area (Å²) in [4.78, 5) is 0. The van der Waals surface area contributed by atoms with E-state index in [2.05, 4.69) is 10.2 Å². The Morgan fingerprint density at radius 3 is 2.64 bits per heavy atom. The molecule has 0 amide bonds. The van der Waals surface area contributed by atoms with Gasteiger partial charge >= 0.3 is 0 Å². The molecule has 0 radical (unpaired) electrons. The number of halogens is 3. The van der Waals surface area contributed by atoms with Gasteiger partial charge in [-0.1, -0.05) is 0 Å². The highest BCUT2D eigenvalue weighted by molar-refractivity contribution is 7.11. The summed E-state index contributed by atoms with van der Waals surface area (Å²) in [5.74, 6) is 0.329. The first-order valence-electron chi connectivity index (χ1n) is 3.95. The van der Waals surface area contributed by atoms with Crippen LogP contribution in [0.3, 0.4) is 0 Å². The quantitative estimate of drug-likeness (QED) is 0.566. The lowest BCUT2D eigenvalue weighted by Crippen LogP contribution is -2.06. The van der Waals surface area contributed by atoms with E-state index >= 15 is 0 Å². The molecule has 80 valence electrons. The van der Waals surface area contributed by atoms with Crippen molar-refractivity contribution in [3.63, 3.8) is 0 Å². The lowest BCUT2D eigenvalue weighted by Gasteiger charge is -1.99. The Morgan fingerprint density at radius 2 is 2.07 bits per heavy atom. The van der Waals surface area contributed by atoms with Crippen LogP contribution in [0.5, 0.6) is 0 Å². The number of aromatic nitrogens is 2. The molecule has 0 atom stereocenters. The average Bonchev–Trinajstić information content (AvgIpc) is 2.60. The van der Waals surface area contributed by atoms with Gasteiger partial charge in [0.15, 0.2) is 0 Å². The minimum Gasteiger partial charge on any atom is -0.375 e. The molecular formula is C7H9ClF2N2OS. The third kappa shape index (κ3) is 4.26. The third-order valence-corrected chi connectivity index (χ3v) is 2.72. The first kappa shape index (κ1) is 11.7. The molecule has 0 N–H and O–H groups in total. The second kappa shape index (κ2) is 6.21. The van der Waals surface area contributed by atoms with Crippen LogP contribution >= 0.6 is 22.9 Å². The Bertz CT molecular complexity index is 272. The fourth-order valence-corrected chi connectivity index (χ4v) is 1.67. The highest BCUT2D eigenvalue weighted by Crippen LogP contribution is 2.12. The van der Waals surface area contributed by atoms with Crippen molar-refractivity contribution < 1.29 is 13.5 Å². The van der Waals surface area contributed by atoms with Crippen molar-refractivity contribution in [2.24, 2.45) is 0 Å². The van der Waals surface area contributed by atoms with Gasteiger partial charge in [0.1, 0.15) is 16.6 Å². The fraction of sp³-hybridized carbons (Fsp3) is 0.714. The number of nitrogens with zero attached hydrogens (tertiary/aromatic N) is 2. The summed E-state index contributed by atoms with van der Waals surface area (Å²) in [6.45, 7) is -0.289. The van der Waals surface area contributed by atoms with E-state index in [4.69, 9.17) is 16.3 Å². The maximum absolute atomic E-state index is 11.7. The molecule has 14 heavy (non-hydrogen) atoms. The molecule has 7 heteroatoms. The van der Waals surface area contributed by atoms with Crippen molar-refractivity contribution in [3.05, 3.63) is 10.0 Å². The first-order chi connectivity index (χ1) is 6.72. The highest BCUT2D eigenvalue weighted by atomic mass is 35.5. The number of rotatable bonds is 6. The topological polar surface area (TPSA) is 35.0 Å². The van der Waals surface area contributed by atoms with Crippen LogP contribution in [0.25, 0.3) is 0 Å². The van der Waals surface area contributed by atoms with Gasteiger partial charge in [-0.05, 0) is 0 Å². The summed E-state index contributed by atoms with van der Waals surface area (Å²) in [5, 5.41) is 9.09. The van der Waals surface area contributed by atoms with Crippen LogP contribution in [-0.4, -0.2) is 29.8 Å². The third-order valence-electron chi connectivity index (χ3n) is 1.33. The highest BCUT2D eigenvalue weighted by Gasteiger charge is 2.05. The van der Waals surface area contributed by atoms with Gasteiger partial charge in [-0.2, -0.15) is 0 Å². The van der Waals surface area contributed by atoms with Crippen LogP contribution in [0.1, 0.15) is 10.0 Å². The molecule has 0 aliphatic heterocycles. The van der Waals surface area contributed by atoms with Gasteiger partial charge in [-0.15, -0.1) is 33.1 Å². The van der Waals surface area contributed by atoms with Gasteiger partial charge in [0, 0.05) is 6.42 Å². The summed E-state index contributed by atoms with van der Waals surface area (Å²) < 4.78 is 28.0. The molecule has 0 aromatic carbocycles. The van der Waals surface area contributed by atoms with Crippen molar-refractivity contribution in [2.75, 3.05) is 13.2 Å². The minimum absolute atomic E-state index is 0.237. The Labute approximate surface area is 89.1 Å². The van der Waals surface area contributed by atoms with Gasteiger partial charge in [0.25, 0.3) is 6.43 Å². The van der Waals surface area contributed by atoms with Crippen LogP contribution in [0.4, 0.5) is 8.78 Å². The van der Waals surface area contributed by atoms with Crippen LogP contribution in [0.2, 0.25) is 0 Å². The van der Waals surface area contributed by atoms with Crippen LogP contribution in [0.15, 0.2) is 0 Å².